The predicted molar refractivity (Wildman–Crippen MR) is 85.6 cm³/mol. The van der Waals surface area contributed by atoms with Crippen molar-refractivity contribution < 1.29 is 13.9 Å². The molecule has 0 spiro atoms. The number of carbonyl (C=O) groups is 1. The molecule has 0 saturated carbocycles. The highest BCUT2D eigenvalue weighted by Gasteiger charge is 2.34. The van der Waals surface area contributed by atoms with Gasteiger partial charge in [0.05, 0.1) is 13.2 Å². The number of hydrogen-bond donors (Lipinski definition) is 0. The van der Waals surface area contributed by atoms with Crippen molar-refractivity contribution in [3.05, 3.63) is 29.7 Å². The predicted octanol–water partition coefficient (Wildman–Crippen LogP) is 2.18. The summed E-state index contributed by atoms with van der Waals surface area (Å²) in [5.41, 5.74) is 0.556. The van der Waals surface area contributed by atoms with Crippen molar-refractivity contribution in [3.63, 3.8) is 0 Å². The summed E-state index contributed by atoms with van der Waals surface area (Å²) < 4.78 is 13.0. The third kappa shape index (κ3) is 3.06. The molecule has 0 N–H and O–H groups in total. The molecule has 1 saturated heterocycles. The fourth-order valence-electron chi connectivity index (χ4n) is 2.71. The van der Waals surface area contributed by atoms with Gasteiger partial charge in [0.2, 0.25) is 11.8 Å². The highest BCUT2D eigenvalue weighted by molar-refractivity contribution is 5.92. The number of nitrogens with zero attached hydrogens (tertiary/aromatic N) is 5. The van der Waals surface area contributed by atoms with Gasteiger partial charge in [0.1, 0.15) is 11.7 Å². The Balaban J connectivity index is 1.88. The maximum atomic E-state index is 13.0. The van der Waals surface area contributed by atoms with Gasteiger partial charge in [-0.05, 0) is 19.9 Å². The van der Waals surface area contributed by atoms with E-state index in [-0.39, 0.29) is 23.9 Å². The Bertz CT molecular complexity index is 706. The summed E-state index contributed by atoms with van der Waals surface area (Å²) in [7, 11) is 0. The first-order chi connectivity index (χ1) is 11.5. The Labute approximate surface area is 140 Å². The van der Waals surface area contributed by atoms with Crippen LogP contribution in [0.2, 0.25) is 0 Å². The molecule has 3 rings (SSSR count). The van der Waals surface area contributed by atoms with E-state index in [0.717, 1.165) is 0 Å². The molecule has 8 heteroatoms. The largest absolute Gasteiger partial charge is 0.423 e. The molecule has 0 radical (unpaired) electrons. The molecule has 0 aliphatic carbocycles. The summed E-state index contributed by atoms with van der Waals surface area (Å²) in [4.78, 5) is 14.8. The zero-order chi connectivity index (χ0) is 17.3. The second-order valence-electron chi connectivity index (χ2n) is 6.48. The van der Waals surface area contributed by atoms with E-state index in [0.29, 0.717) is 37.2 Å². The van der Waals surface area contributed by atoms with E-state index < -0.39 is 0 Å². The van der Waals surface area contributed by atoms with Crippen LogP contribution in [0, 0.1) is 0 Å². The van der Waals surface area contributed by atoms with Crippen LogP contribution in [0.15, 0.2) is 16.7 Å². The average Bonchev–Trinajstić information content (AvgIpc) is 3.23. The topological polar surface area (TPSA) is 86.3 Å². The van der Waals surface area contributed by atoms with Crippen molar-refractivity contribution in [2.24, 2.45) is 0 Å². The highest BCUT2D eigenvalue weighted by Crippen LogP contribution is 2.27. The van der Waals surface area contributed by atoms with Gasteiger partial charge < -0.3 is 14.1 Å². The van der Waals surface area contributed by atoms with Gasteiger partial charge in [-0.15, -0.1) is 10.2 Å². The van der Waals surface area contributed by atoms with Gasteiger partial charge >= 0.3 is 0 Å². The van der Waals surface area contributed by atoms with Crippen LogP contribution < -0.4 is 0 Å². The molecule has 130 valence electrons. The summed E-state index contributed by atoms with van der Waals surface area (Å²) in [6, 6.07) is 1.47. The molecule has 8 nitrogen and oxygen atoms in total. The first-order valence-electron chi connectivity index (χ1n) is 8.24. The van der Waals surface area contributed by atoms with E-state index in [1.807, 2.05) is 27.7 Å². The second kappa shape index (κ2) is 6.72. The minimum atomic E-state index is -0.373. The lowest BCUT2D eigenvalue weighted by molar-refractivity contribution is -0.0114. The van der Waals surface area contributed by atoms with Crippen LogP contribution in [-0.2, 0) is 4.74 Å². The van der Waals surface area contributed by atoms with Crippen molar-refractivity contribution >= 4 is 5.91 Å². The number of morpholine rings is 1. The molecule has 2 aromatic rings. The molecule has 0 unspecified atom stereocenters. The molecule has 1 atom stereocenters. The molecule has 1 fully saturated rings. The summed E-state index contributed by atoms with van der Waals surface area (Å²) in [5, 5.41) is 12.4. The molecule has 3 heterocycles. The standard InChI is InChI=1S/C16H23N5O3/c1-10(2)14-18-19-15(24-14)13-9-23-8-7-20(13)16(22)12-5-6-17-21(12)11(3)4/h5-6,10-11,13H,7-9H2,1-4H3/t13-/m1/s1. The molecule has 24 heavy (non-hydrogen) atoms. The maximum absolute atomic E-state index is 13.0. The lowest BCUT2D eigenvalue weighted by Gasteiger charge is -2.33. The quantitative estimate of drug-likeness (QED) is 0.852. The average molecular weight is 333 g/mol. The SMILES string of the molecule is CC(C)c1nnc([C@H]2COCCN2C(=O)c2ccnn2C(C)C)o1. The van der Waals surface area contributed by atoms with Gasteiger partial charge in [0.25, 0.3) is 5.91 Å². The van der Waals surface area contributed by atoms with E-state index >= 15 is 0 Å². The first-order valence-corrected chi connectivity index (χ1v) is 8.24. The molecular formula is C16H23N5O3. The number of amides is 1. The fourth-order valence-corrected chi connectivity index (χ4v) is 2.71. The van der Waals surface area contributed by atoms with E-state index in [1.54, 1.807) is 21.8 Å². The lowest BCUT2D eigenvalue weighted by atomic mass is 10.2. The van der Waals surface area contributed by atoms with Gasteiger partial charge in [-0.3, -0.25) is 9.48 Å². The number of aromatic nitrogens is 4. The molecule has 0 bridgehead atoms. The molecule has 1 aliphatic rings. The Hall–Kier alpha value is -2.22. The number of carbonyl (C=O) groups excluding carboxylic acids is 1. The number of rotatable bonds is 4. The van der Waals surface area contributed by atoms with Crippen LogP contribution >= 0.6 is 0 Å². The van der Waals surface area contributed by atoms with Crippen molar-refractivity contribution in [2.75, 3.05) is 19.8 Å². The Morgan fingerprint density at radius 3 is 2.75 bits per heavy atom. The zero-order valence-electron chi connectivity index (χ0n) is 14.5. The summed E-state index contributed by atoms with van der Waals surface area (Å²) in [5.74, 6) is 1.03. The third-order valence-electron chi connectivity index (χ3n) is 4.00. The minimum absolute atomic E-state index is 0.0983. The van der Waals surface area contributed by atoms with Gasteiger partial charge in [0.15, 0.2) is 0 Å². The highest BCUT2D eigenvalue weighted by atomic mass is 16.5. The van der Waals surface area contributed by atoms with Crippen LogP contribution in [0.3, 0.4) is 0 Å². The number of ether oxygens (including phenoxy) is 1. The Kier molecular flexibility index (Phi) is 4.66. The molecule has 1 aliphatic heterocycles. The van der Waals surface area contributed by atoms with E-state index in [2.05, 4.69) is 15.3 Å². The lowest BCUT2D eigenvalue weighted by Crippen LogP contribution is -2.44. The van der Waals surface area contributed by atoms with Gasteiger partial charge in [0, 0.05) is 24.7 Å². The molecule has 2 aromatic heterocycles. The van der Waals surface area contributed by atoms with Crippen molar-refractivity contribution in [1.82, 2.24) is 24.9 Å². The molecule has 1 amide bonds. The summed E-state index contributed by atoms with van der Waals surface area (Å²) in [6.45, 7) is 9.27. The van der Waals surface area contributed by atoms with Gasteiger partial charge in [-0.25, -0.2) is 0 Å². The van der Waals surface area contributed by atoms with Crippen molar-refractivity contribution in [1.29, 1.82) is 0 Å². The summed E-state index contributed by atoms with van der Waals surface area (Å²) >= 11 is 0. The maximum Gasteiger partial charge on any atom is 0.272 e. The van der Waals surface area contributed by atoms with E-state index in [1.165, 1.54) is 0 Å². The van der Waals surface area contributed by atoms with Crippen LogP contribution in [0.1, 0.15) is 68.0 Å². The molecular weight excluding hydrogens is 310 g/mol. The van der Waals surface area contributed by atoms with E-state index in [4.69, 9.17) is 9.15 Å². The Morgan fingerprint density at radius 1 is 1.29 bits per heavy atom. The van der Waals surface area contributed by atoms with Crippen LogP contribution in [0.25, 0.3) is 0 Å². The normalized spacial score (nSPS) is 18.6. The second-order valence-corrected chi connectivity index (χ2v) is 6.48. The smallest absolute Gasteiger partial charge is 0.272 e. The van der Waals surface area contributed by atoms with Crippen LogP contribution in [-0.4, -0.2) is 50.5 Å². The Morgan fingerprint density at radius 2 is 2.08 bits per heavy atom. The fraction of sp³-hybridized carbons (Fsp3) is 0.625. The monoisotopic (exact) mass is 333 g/mol. The number of hydrogen-bond acceptors (Lipinski definition) is 6. The van der Waals surface area contributed by atoms with Gasteiger partial charge in [-0.2, -0.15) is 5.10 Å². The van der Waals surface area contributed by atoms with Crippen LogP contribution in [0.4, 0.5) is 0 Å². The van der Waals surface area contributed by atoms with Crippen molar-refractivity contribution in [3.8, 4) is 0 Å². The minimum Gasteiger partial charge on any atom is -0.423 e. The first kappa shape index (κ1) is 16.6. The van der Waals surface area contributed by atoms with Crippen LogP contribution in [0.5, 0.6) is 0 Å². The summed E-state index contributed by atoms with van der Waals surface area (Å²) in [6.07, 6.45) is 1.65. The third-order valence-corrected chi connectivity index (χ3v) is 4.00. The van der Waals surface area contributed by atoms with Gasteiger partial charge in [-0.1, -0.05) is 13.8 Å². The zero-order valence-corrected chi connectivity index (χ0v) is 14.5. The molecule has 0 aromatic carbocycles. The van der Waals surface area contributed by atoms with E-state index in [9.17, 15) is 4.79 Å². The van der Waals surface area contributed by atoms with Crippen molar-refractivity contribution in [2.45, 2.75) is 45.7 Å².